The second kappa shape index (κ2) is 5.63. The van der Waals surface area contributed by atoms with E-state index in [4.69, 9.17) is 0 Å². The molecule has 106 valence electrons. The predicted octanol–water partition coefficient (Wildman–Crippen LogP) is 3.24. The second-order valence-corrected chi connectivity index (χ2v) is 7.39. The van der Waals surface area contributed by atoms with Crippen molar-refractivity contribution in [3.63, 3.8) is 0 Å². The first-order chi connectivity index (χ1) is 8.99. The number of sulfonamides is 1. The molecule has 0 spiro atoms. The summed E-state index contributed by atoms with van der Waals surface area (Å²) in [6.45, 7) is 4.56. The zero-order chi connectivity index (χ0) is 13.9. The maximum atomic E-state index is 12.4. The number of hydrogen-bond acceptors (Lipinski definition) is 2. The summed E-state index contributed by atoms with van der Waals surface area (Å²) in [6, 6.07) is 7.14. The molecule has 0 atom stereocenters. The molecule has 3 nitrogen and oxygen atoms in total. The molecule has 1 fully saturated rings. The van der Waals surface area contributed by atoms with Crippen LogP contribution in [-0.4, -0.2) is 15.0 Å². The van der Waals surface area contributed by atoms with Crippen LogP contribution in [0.4, 0.5) is 0 Å². The van der Waals surface area contributed by atoms with Crippen molar-refractivity contribution in [2.75, 3.05) is 6.54 Å². The van der Waals surface area contributed by atoms with Gasteiger partial charge in [0.15, 0.2) is 0 Å². The lowest BCUT2D eigenvalue weighted by Crippen LogP contribution is -2.35. The van der Waals surface area contributed by atoms with E-state index >= 15 is 0 Å². The molecule has 0 bridgehead atoms. The Balaban J connectivity index is 2.12. The normalized spacial score (nSPS) is 18.6. The van der Waals surface area contributed by atoms with Gasteiger partial charge in [0, 0.05) is 6.54 Å². The Morgan fingerprint density at radius 3 is 2.42 bits per heavy atom. The van der Waals surface area contributed by atoms with Gasteiger partial charge in [-0.1, -0.05) is 38.0 Å². The van der Waals surface area contributed by atoms with E-state index in [1.165, 1.54) is 12.8 Å². The Kier molecular flexibility index (Phi) is 4.31. The van der Waals surface area contributed by atoms with Crippen LogP contribution >= 0.6 is 0 Å². The number of aryl methyl sites for hydroxylation is 1. The van der Waals surface area contributed by atoms with E-state index in [9.17, 15) is 8.42 Å². The molecular weight excluding hydrogens is 258 g/mol. The van der Waals surface area contributed by atoms with Gasteiger partial charge in [0.2, 0.25) is 10.0 Å². The maximum Gasteiger partial charge on any atom is 0.240 e. The van der Waals surface area contributed by atoms with Crippen molar-refractivity contribution in [1.82, 2.24) is 4.72 Å². The van der Waals surface area contributed by atoms with Gasteiger partial charge in [-0.2, -0.15) is 0 Å². The van der Waals surface area contributed by atoms with Crippen LogP contribution in [0.5, 0.6) is 0 Å². The SMILES string of the molecule is CCC1(CNS(=O)(=O)c2ccccc2C)CCCC1. The van der Waals surface area contributed by atoms with E-state index in [1.807, 2.05) is 19.1 Å². The van der Waals surface area contributed by atoms with Crippen molar-refractivity contribution in [2.45, 2.75) is 50.8 Å². The molecule has 2 rings (SSSR count). The molecule has 0 aromatic heterocycles. The third-order valence-corrected chi connectivity index (χ3v) is 6.00. The molecule has 1 aliphatic rings. The minimum atomic E-state index is -3.38. The summed E-state index contributed by atoms with van der Waals surface area (Å²) in [4.78, 5) is 0.402. The molecule has 0 unspecified atom stereocenters. The molecule has 0 saturated heterocycles. The Bertz CT molecular complexity index is 531. The van der Waals surface area contributed by atoms with Crippen LogP contribution in [0.3, 0.4) is 0 Å². The number of benzene rings is 1. The van der Waals surface area contributed by atoms with Crippen molar-refractivity contribution in [3.8, 4) is 0 Å². The molecule has 0 amide bonds. The third-order valence-electron chi connectivity index (χ3n) is 4.43. The zero-order valence-corrected chi connectivity index (χ0v) is 12.6. The van der Waals surface area contributed by atoms with Crippen LogP contribution in [-0.2, 0) is 10.0 Å². The second-order valence-electron chi connectivity index (χ2n) is 5.65. The lowest BCUT2D eigenvalue weighted by Gasteiger charge is -2.27. The Hall–Kier alpha value is -0.870. The smallest absolute Gasteiger partial charge is 0.211 e. The monoisotopic (exact) mass is 281 g/mol. The molecule has 1 saturated carbocycles. The van der Waals surface area contributed by atoms with Gasteiger partial charge >= 0.3 is 0 Å². The highest BCUT2D eigenvalue weighted by molar-refractivity contribution is 7.89. The van der Waals surface area contributed by atoms with Crippen LogP contribution in [0.15, 0.2) is 29.2 Å². The summed E-state index contributed by atoms with van der Waals surface area (Å²) in [5.41, 5.74) is 0.974. The summed E-state index contributed by atoms with van der Waals surface area (Å²) < 4.78 is 27.5. The van der Waals surface area contributed by atoms with Gasteiger partial charge in [0.1, 0.15) is 0 Å². The quantitative estimate of drug-likeness (QED) is 0.900. The Morgan fingerprint density at radius 2 is 1.84 bits per heavy atom. The van der Waals surface area contributed by atoms with Crippen LogP contribution in [0.2, 0.25) is 0 Å². The zero-order valence-electron chi connectivity index (χ0n) is 11.8. The third kappa shape index (κ3) is 3.18. The van der Waals surface area contributed by atoms with E-state index in [0.717, 1.165) is 24.8 Å². The summed E-state index contributed by atoms with van der Waals surface area (Å²) >= 11 is 0. The van der Waals surface area contributed by atoms with Gasteiger partial charge in [-0.15, -0.1) is 0 Å². The van der Waals surface area contributed by atoms with Gasteiger partial charge in [0.05, 0.1) is 4.90 Å². The van der Waals surface area contributed by atoms with Crippen LogP contribution in [0, 0.1) is 12.3 Å². The van der Waals surface area contributed by atoms with Crippen LogP contribution in [0.1, 0.15) is 44.6 Å². The van der Waals surface area contributed by atoms with Gasteiger partial charge in [0.25, 0.3) is 0 Å². The molecule has 1 aromatic carbocycles. The molecule has 0 radical (unpaired) electrons. The van der Waals surface area contributed by atoms with E-state index in [0.29, 0.717) is 11.4 Å². The van der Waals surface area contributed by atoms with Crippen molar-refractivity contribution >= 4 is 10.0 Å². The minimum Gasteiger partial charge on any atom is -0.211 e. The molecular formula is C15H23NO2S. The largest absolute Gasteiger partial charge is 0.240 e. The number of rotatable bonds is 5. The highest BCUT2D eigenvalue weighted by Gasteiger charge is 2.33. The molecule has 1 aromatic rings. The topological polar surface area (TPSA) is 46.2 Å². The summed E-state index contributed by atoms with van der Waals surface area (Å²) in [7, 11) is -3.38. The number of hydrogen-bond donors (Lipinski definition) is 1. The lowest BCUT2D eigenvalue weighted by atomic mass is 9.84. The molecule has 4 heteroatoms. The van der Waals surface area contributed by atoms with Crippen molar-refractivity contribution < 1.29 is 8.42 Å². The van der Waals surface area contributed by atoms with E-state index in [-0.39, 0.29) is 5.41 Å². The molecule has 1 N–H and O–H groups in total. The average Bonchev–Trinajstić information content (AvgIpc) is 2.86. The molecule has 0 aliphatic heterocycles. The molecule has 1 aliphatic carbocycles. The fourth-order valence-electron chi connectivity index (χ4n) is 2.96. The predicted molar refractivity (Wildman–Crippen MR) is 77.6 cm³/mol. The van der Waals surface area contributed by atoms with E-state index < -0.39 is 10.0 Å². The van der Waals surface area contributed by atoms with Gasteiger partial charge < -0.3 is 0 Å². The highest BCUT2D eigenvalue weighted by atomic mass is 32.2. The molecule has 0 heterocycles. The standard InChI is InChI=1S/C15H23NO2S/c1-3-15(10-6-7-11-15)12-16-19(17,18)14-9-5-4-8-13(14)2/h4-5,8-9,16H,3,6-7,10-12H2,1-2H3. The molecule has 19 heavy (non-hydrogen) atoms. The first-order valence-corrected chi connectivity index (χ1v) is 8.53. The maximum absolute atomic E-state index is 12.4. The Morgan fingerprint density at radius 1 is 1.21 bits per heavy atom. The first-order valence-electron chi connectivity index (χ1n) is 7.04. The van der Waals surface area contributed by atoms with Gasteiger partial charge in [-0.05, 0) is 43.2 Å². The lowest BCUT2D eigenvalue weighted by molar-refractivity contribution is 0.285. The van der Waals surface area contributed by atoms with E-state index in [2.05, 4.69) is 11.6 Å². The van der Waals surface area contributed by atoms with Gasteiger partial charge in [-0.25, -0.2) is 13.1 Å². The van der Waals surface area contributed by atoms with Crippen molar-refractivity contribution in [3.05, 3.63) is 29.8 Å². The highest BCUT2D eigenvalue weighted by Crippen LogP contribution is 2.40. The Labute approximate surface area is 116 Å². The van der Waals surface area contributed by atoms with E-state index in [1.54, 1.807) is 12.1 Å². The number of nitrogens with one attached hydrogen (secondary N) is 1. The minimum absolute atomic E-state index is 0.176. The van der Waals surface area contributed by atoms with Crippen molar-refractivity contribution in [2.24, 2.45) is 5.41 Å². The fourth-order valence-corrected chi connectivity index (χ4v) is 4.37. The van der Waals surface area contributed by atoms with Gasteiger partial charge in [-0.3, -0.25) is 0 Å². The summed E-state index contributed by atoms with van der Waals surface area (Å²) in [5, 5.41) is 0. The average molecular weight is 281 g/mol. The van der Waals surface area contributed by atoms with Crippen molar-refractivity contribution in [1.29, 1.82) is 0 Å². The first kappa shape index (κ1) is 14.5. The summed E-state index contributed by atoms with van der Waals surface area (Å²) in [5.74, 6) is 0. The van der Waals surface area contributed by atoms with Crippen LogP contribution in [0.25, 0.3) is 0 Å². The summed E-state index contributed by atoms with van der Waals surface area (Å²) in [6.07, 6.45) is 5.77. The van der Waals surface area contributed by atoms with Crippen LogP contribution < -0.4 is 4.72 Å². The fraction of sp³-hybridized carbons (Fsp3) is 0.600.